The van der Waals surface area contributed by atoms with Gasteiger partial charge in [0.2, 0.25) is 0 Å². The highest BCUT2D eigenvalue weighted by molar-refractivity contribution is 9.10. The van der Waals surface area contributed by atoms with Crippen molar-refractivity contribution in [2.45, 2.75) is 11.4 Å². The van der Waals surface area contributed by atoms with Crippen LogP contribution >= 0.6 is 27.7 Å². The van der Waals surface area contributed by atoms with Gasteiger partial charge in [0.25, 0.3) is 0 Å². The lowest BCUT2D eigenvalue weighted by atomic mass is 10.1. The van der Waals surface area contributed by atoms with Crippen molar-refractivity contribution in [3.8, 4) is 0 Å². The summed E-state index contributed by atoms with van der Waals surface area (Å²) in [5.41, 5.74) is 3.37. The quantitative estimate of drug-likeness (QED) is 0.637. The molecule has 1 heterocycles. The normalized spacial score (nSPS) is 10.8. The highest BCUT2D eigenvalue weighted by Crippen LogP contribution is 2.26. The first-order valence-electron chi connectivity index (χ1n) is 6.68. The molecule has 0 saturated carbocycles. The minimum atomic E-state index is 0.763. The number of nitrogens with zero attached hydrogens (tertiary/aromatic N) is 1. The molecule has 1 N–H and O–H groups in total. The Bertz CT molecular complexity index is 774. The maximum Gasteiger partial charge on any atom is 0.0763 e. The molecular weight excluding hydrogens is 344 g/mol. The van der Waals surface area contributed by atoms with Crippen LogP contribution in [0.4, 0.5) is 5.69 Å². The highest BCUT2D eigenvalue weighted by atomic mass is 79.9. The zero-order valence-electron chi connectivity index (χ0n) is 11.6. The third-order valence-electron chi connectivity index (χ3n) is 3.35. The van der Waals surface area contributed by atoms with Crippen LogP contribution < -0.4 is 5.32 Å². The van der Waals surface area contributed by atoms with E-state index in [1.807, 2.05) is 12.3 Å². The Balaban J connectivity index is 1.87. The third kappa shape index (κ3) is 3.22. The molecular formula is C17H15BrN2S. The van der Waals surface area contributed by atoms with E-state index in [0.29, 0.717) is 0 Å². The standard InChI is InChI=1S/C17H15BrN2S/c1-21-14-5-2-4-13(10-14)20-11-12-7-8-16(18)15-6-3-9-19-17(12)15/h2-10,20H,11H2,1H3. The molecule has 21 heavy (non-hydrogen) atoms. The number of pyridine rings is 1. The minimum Gasteiger partial charge on any atom is -0.381 e. The lowest BCUT2D eigenvalue weighted by Gasteiger charge is -2.10. The second kappa shape index (κ2) is 6.50. The van der Waals surface area contributed by atoms with Crippen molar-refractivity contribution in [1.29, 1.82) is 0 Å². The summed E-state index contributed by atoms with van der Waals surface area (Å²) in [5, 5.41) is 4.63. The Morgan fingerprint density at radius 2 is 2.05 bits per heavy atom. The Labute approximate surface area is 137 Å². The summed E-state index contributed by atoms with van der Waals surface area (Å²) in [6.45, 7) is 0.763. The smallest absolute Gasteiger partial charge is 0.0763 e. The molecule has 0 atom stereocenters. The molecule has 0 unspecified atom stereocenters. The summed E-state index contributed by atoms with van der Waals surface area (Å²) >= 11 is 5.33. The van der Waals surface area contributed by atoms with Gasteiger partial charge in [-0.05, 0) is 42.2 Å². The van der Waals surface area contributed by atoms with Gasteiger partial charge in [-0.1, -0.05) is 34.1 Å². The number of hydrogen-bond donors (Lipinski definition) is 1. The van der Waals surface area contributed by atoms with Gasteiger partial charge in [0.05, 0.1) is 5.52 Å². The van der Waals surface area contributed by atoms with E-state index < -0.39 is 0 Å². The van der Waals surface area contributed by atoms with Crippen molar-refractivity contribution in [2.24, 2.45) is 0 Å². The number of rotatable bonds is 4. The molecule has 0 amide bonds. The van der Waals surface area contributed by atoms with Gasteiger partial charge in [-0.2, -0.15) is 0 Å². The zero-order chi connectivity index (χ0) is 14.7. The molecule has 4 heteroatoms. The highest BCUT2D eigenvalue weighted by Gasteiger charge is 2.05. The zero-order valence-corrected chi connectivity index (χ0v) is 14.0. The lowest BCUT2D eigenvalue weighted by Crippen LogP contribution is -2.01. The van der Waals surface area contributed by atoms with E-state index in [2.05, 4.69) is 75.0 Å². The largest absolute Gasteiger partial charge is 0.381 e. The van der Waals surface area contributed by atoms with Crippen molar-refractivity contribution in [1.82, 2.24) is 4.98 Å². The Hall–Kier alpha value is -1.52. The van der Waals surface area contributed by atoms with Gasteiger partial charge < -0.3 is 5.32 Å². The van der Waals surface area contributed by atoms with Gasteiger partial charge in [-0.3, -0.25) is 4.98 Å². The van der Waals surface area contributed by atoms with Crippen LogP contribution in [0.5, 0.6) is 0 Å². The summed E-state index contributed by atoms with van der Waals surface area (Å²) < 4.78 is 1.08. The van der Waals surface area contributed by atoms with Crippen LogP contribution in [-0.2, 0) is 6.54 Å². The monoisotopic (exact) mass is 358 g/mol. The summed E-state index contributed by atoms with van der Waals surface area (Å²) in [6.07, 6.45) is 3.93. The third-order valence-corrected chi connectivity index (χ3v) is 4.77. The Kier molecular flexibility index (Phi) is 4.46. The summed E-state index contributed by atoms with van der Waals surface area (Å²) in [6, 6.07) is 16.7. The van der Waals surface area contributed by atoms with E-state index in [0.717, 1.165) is 27.6 Å². The van der Waals surface area contributed by atoms with E-state index in [4.69, 9.17) is 0 Å². The number of hydrogen-bond acceptors (Lipinski definition) is 3. The number of fused-ring (bicyclic) bond motifs is 1. The predicted octanol–water partition coefficient (Wildman–Crippen LogP) is 5.33. The molecule has 0 spiro atoms. The van der Waals surface area contributed by atoms with Crippen LogP contribution in [0.2, 0.25) is 0 Å². The fraction of sp³-hybridized carbons (Fsp3) is 0.118. The molecule has 3 rings (SSSR count). The van der Waals surface area contributed by atoms with E-state index >= 15 is 0 Å². The van der Waals surface area contributed by atoms with Crippen LogP contribution in [0, 0.1) is 0 Å². The van der Waals surface area contributed by atoms with E-state index in [-0.39, 0.29) is 0 Å². The SMILES string of the molecule is CSc1cccc(NCc2ccc(Br)c3cccnc23)c1. The number of halogens is 1. The minimum absolute atomic E-state index is 0.763. The molecule has 0 aliphatic heterocycles. The molecule has 0 saturated heterocycles. The second-order valence-corrected chi connectivity index (χ2v) is 6.43. The van der Waals surface area contributed by atoms with Gasteiger partial charge in [-0.25, -0.2) is 0 Å². The second-order valence-electron chi connectivity index (χ2n) is 4.69. The summed E-state index contributed by atoms with van der Waals surface area (Å²) in [7, 11) is 0. The molecule has 3 aromatic rings. The van der Waals surface area contributed by atoms with Crippen molar-refractivity contribution in [2.75, 3.05) is 11.6 Å². The average molecular weight is 359 g/mol. The van der Waals surface area contributed by atoms with Crippen molar-refractivity contribution in [3.63, 3.8) is 0 Å². The fourth-order valence-corrected chi connectivity index (χ4v) is 3.18. The van der Waals surface area contributed by atoms with Gasteiger partial charge in [0.15, 0.2) is 0 Å². The maximum atomic E-state index is 4.51. The first-order valence-corrected chi connectivity index (χ1v) is 8.70. The van der Waals surface area contributed by atoms with Crippen molar-refractivity contribution < 1.29 is 0 Å². The van der Waals surface area contributed by atoms with Crippen LogP contribution in [0.3, 0.4) is 0 Å². The first-order chi connectivity index (χ1) is 10.3. The van der Waals surface area contributed by atoms with Gasteiger partial charge in [0, 0.05) is 33.2 Å². The molecule has 0 fully saturated rings. The average Bonchev–Trinajstić information content (AvgIpc) is 2.55. The Morgan fingerprint density at radius 1 is 1.14 bits per heavy atom. The van der Waals surface area contributed by atoms with E-state index in [1.54, 1.807) is 11.8 Å². The molecule has 0 aliphatic rings. The molecule has 1 aromatic heterocycles. The van der Waals surface area contributed by atoms with Gasteiger partial charge >= 0.3 is 0 Å². The van der Waals surface area contributed by atoms with E-state index in [1.165, 1.54) is 10.5 Å². The molecule has 0 aliphatic carbocycles. The molecule has 0 radical (unpaired) electrons. The molecule has 106 valence electrons. The fourth-order valence-electron chi connectivity index (χ4n) is 2.27. The maximum absolute atomic E-state index is 4.51. The predicted molar refractivity (Wildman–Crippen MR) is 95.0 cm³/mol. The van der Waals surface area contributed by atoms with Crippen LogP contribution in [0.25, 0.3) is 10.9 Å². The molecule has 2 aromatic carbocycles. The number of nitrogens with one attached hydrogen (secondary N) is 1. The first kappa shape index (κ1) is 14.4. The van der Waals surface area contributed by atoms with Crippen molar-refractivity contribution in [3.05, 3.63) is 64.8 Å². The molecule has 2 nitrogen and oxygen atoms in total. The van der Waals surface area contributed by atoms with Crippen molar-refractivity contribution >= 4 is 44.3 Å². The number of thioether (sulfide) groups is 1. The van der Waals surface area contributed by atoms with Gasteiger partial charge in [-0.15, -0.1) is 11.8 Å². The lowest BCUT2D eigenvalue weighted by molar-refractivity contribution is 1.15. The van der Waals surface area contributed by atoms with Crippen LogP contribution in [0.15, 0.2) is 64.1 Å². The van der Waals surface area contributed by atoms with Gasteiger partial charge in [0.1, 0.15) is 0 Å². The van der Waals surface area contributed by atoms with Crippen LogP contribution in [0.1, 0.15) is 5.56 Å². The number of benzene rings is 2. The molecule has 0 bridgehead atoms. The topological polar surface area (TPSA) is 24.9 Å². The summed E-state index contributed by atoms with van der Waals surface area (Å²) in [4.78, 5) is 5.78. The summed E-state index contributed by atoms with van der Waals surface area (Å²) in [5.74, 6) is 0. The number of anilines is 1. The Morgan fingerprint density at radius 3 is 2.90 bits per heavy atom. The van der Waals surface area contributed by atoms with E-state index in [9.17, 15) is 0 Å². The van der Waals surface area contributed by atoms with Crippen LogP contribution in [-0.4, -0.2) is 11.2 Å². The number of aromatic nitrogens is 1.